The minimum absolute atomic E-state index is 0.0530. The van der Waals surface area contributed by atoms with Crippen molar-refractivity contribution < 1.29 is 4.79 Å². The van der Waals surface area contributed by atoms with E-state index < -0.39 is 0 Å². The first kappa shape index (κ1) is 13.3. The van der Waals surface area contributed by atoms with Crippen molar-refractivity contribution in [3.05, 3.63) is 65.9 Å². The number of aryl methyl sites for hydroxylation is 1. The molecule has 0 amide bonds. The summed E-state index contributed by atoms with van der Waals surface area (Å²) >= 11 is 0. The molecular formula is C18H16N2O. The van der Waals surface area contributed by atoms with Crippen LogP contribution < -0.4 is 0 Å². The van der Waals surface area contributed by atoms with Gasteiger partial charge in [-0.3, -0.25) is 9.79 Å². The molecule has 3 aromatic rings. The summed E-state index contributed by atoms with van der Waals surface area (Å²) in [6.07, 6.45) is 3.91. The Hall–Kier alpha value is -2.68. The Balaban J connectivity index is 1.98. The van der Waals surface area contributed by atoms with Crippen LogP contribution in [0.1, 0.15) is 22.8 Å². The highest BCUT2D eigenvalue weighted by atomic mass is 16.1. The molecule has 3 heteroatoms. The van der Waals surface area contributed by atoms with Gasteiger partial charge in [-0.25, -0.2) is 0 Å². The molecule has 0 aliphatic carbocycles. The summed E-state index contributed by atoms with van der Waals surface area (Å²) in [7, 11) is 2.02. The minimum Gasteiger partial charge on any atom is -0.350 e. The third kappa shape index (κ3) is 2.63. The van der Waals surface area contributed by atoms with Gasteiger partial charge in [0.2, 0.25) is 0 Å². The molecule has 0 fully saturated rings. The van der Waals surface area contributed by atoms with Crippen molar-refractivity contribution in [2.24, 2.45) is 12.0 Å². The lowest BCUT2D eigenvalue weighted by atomic mass is 10.1. The molecule has 3 rings (SSSR count). The molecule has 0 spiro atoms. The van der Waals surface area contributed by atoms with Crippen molar-refractivity contribution in [2.75, 3.05) is 0 Å². The Bertz CT molecular complexity index is 843. The highest BCUT2D eigenvalue weighted by Crippen LogP contribution is 2.20. The van der Waals surface area contributed by atoms with Crippen LogP contribution >= 0.6 is 0 Å². The van der Waals surface area contributed by atoms with E-state index in [2.05, 4.69) is 27.9 Å². The SMILES string of the molecule is CC(=O)c1cccc(N=Cc2cn(C)c3ccccc23)c1. The standard InChI is InChI=1S/C18H16N2O/c1-13(21)14-6-5-7-16(10-14)19-11-15-12-20(2)18-9-4-3-8-17(15)18/h3-12H,1-2H3. The lowest BCUT2D eigenvalue weighted by Crippen LogP contribution is -1.90. The molecule has 0 radical (unpaired) electrons. The molecule has 104 valence electrons. The second-order valence-corrected chi connectivity index (χ2v) is 5.08. The number of carbonyl (C=O) groups is 1. The highest BCUT2D eigenvalue weighted by Gasteiger charge is 2.03. The number of Topliss-reactive ketones (excluding diaryl/α,β-unsaturated/α-hetero) is 1. The number of rotatable bonds is 3. The summed E-state index contributed by atoms with van der Waals surface area (Å²) in [5.74, 6) is 0.0530. The van der Waals surface area contributed by atoms with Gasteiger partial charge in [0.25, 0.3) is 0 Å². The fourth-order valence-corrected chi connectivity index (χ4v) is 2.43. The van der Waals surface area contributed by atoms with Gasteiger partial charge in [-0.1, -0.05) is 30.3 Å². The summed E-state index contributed by atoms with van der Waals surface area (Å²) in [5, 5.41) is 1.17. The van der Waals surface area contributed by atoms with Crippen molar-refractivity contribution in [3.63, 3.8) is 0 Å². The number of fused-ring (bicyclic) bond motifs is 1. The molecule has 3 nitrogen and oxygen atoms in total. The summed E-state index contributed by atoms with van der Waals surface area (Å²) in [4.78, 5) is 15.9. The number of nitrogens with zero attached hydrogens (tertiary/aromatic N) is 2. The van der Waals surface area contributed by atoms with Gasteiger partial charge >= 0.3 is 0 Å². The number of hydrogen-bond acceptors (Lipinski definition) is 2. The molecule has 21 heavy (non-hydrogen) atoms. The second-order valence-electron chi connectivity index (χ2n) is 5.08. The minimum atomic E-state index is 0.0530. The van der Waals surface area contributed by atoms with Crippen molar-refractivity contribution >= 4 is 28.6 Å². The molecule has 1 aromatic heterocycles. The first-order chi connectivity index (χ1) is 10.1. The fraction of sp³-hybridized carbons (Fsp3) is 0.111. The highest BCUT2D eigenvalue weighted by molar-refractivity contribution is 6.00. The van der Waals surface area contributed by atoms with Crippen molar-refractivity contribution in [2.45, 2.75) is 6.92 Å². The molecule has 0 saturated heterocycles. The number of carbonyl (C=O) groups excluding carboxylic acids is 1. The zero-order chi connectivity index (χ0) is 14.8. The van der Waals surface area contributed by atoms with E-state index in [1.807, 2.05) is 43.6 Å². The molecule has 0 atom stereocenters. The summed E-state index contributed by atoms with van der Waals surface area (Å²) in [5.41, 5.74) is 3.72. The van der Waals surface area contributed by atoms with Gasteiger partial charge in [-0.05, 0) is 25.1 Å². The molecule has 0 N–H and O–H groups in total. The van der Waals surface area contributed by atoms with E-state index in [1.54, 1.807) is 13.0 Å². The molecule has 2 aromatic carbocycles. The number of ketones is 1. The third-order valence-corrected chi connectivity index (χ3v) is 3.53. The summed E-state index contributed by atoms with van der Waals surface area (Å²) in [6.45, 7) is 1.56. The van der Waals surface area contributed by atoms with Crippen LogP contribution in [0.15, 0.2) is 59.7 Å². The quantitative estimate of drug-likeness (QED) is 0.523. The van der Waals surface area contributed by atoms with E-state index in [-0.39, 0.29) is 5.78 Å². The average molecular weight is 276 g/mol. The van der Waals surface area contributed by atoms with Crippen molar-refractivity contribution in [1.29, 1.82) is 0 Å². The Morgan fingerprint density at radius 3 is 2.76 bits per heavy atom. The van der Waals surface area contributed by atoms with Gasteiger partial charge in [-0.2, -0.15) is 0 Å². The van der Waals surface area contributed by atoms with Crippen LogP contribution in [0.5, 0.6) is 0 Å². The predicted octanol–water partition coefficient (Wildman–Crippen LogP) is 4.13. The zero-order valence-corrected chi connectivity index (χ0v) is 12.1. The topological polar surface area (TPSA) is 34.4 Å². The van der Waals surface area contributed by atoms with Gasteiger partial charge in [0.15, 0.2) is 5.78 Å². The lowest BCUT2D eigenvalue weighted by molar-refractivity contribution is 0.101. The summed E-state index contributed by atoms with van der Waals surface area (Å²) in [6, 6.07) is 15.6. The van der Waals surface area contributed by atoms with Gasteiger partial charge in [0.05, 0.1) is 5.69 Å². The van der Waals surface area contributed by atoms with Crippen LogP contribution in [0, 0.1) is 0 Å². The second kappa shape index (κ2) is 5.37. The number of benzene rings is 2. The smallest absolute Gasteiger partial charge is 0.159 e. The Morgan fingerprint density at radius 2 is 1.95 bits per heavy atom. The Labute approximate surface area is 123 Å². The van der Waals surface area contributed by atoms with E-state index >= 15 is 0 Å². The maximum Gasteiger partial charge on any atom is 0.159 e. The van der Waals surface area contributed by atoms with Gasteiger partial charge in [0, 0.05) is 41.5 Å². The van der Waals surface area contributed by atoms with Crippen LogP contribution in [0.2, 0.25) is 0 Å². The Morgan fingerprint density at radius 1 is 1.14 bits per heavy atom. The van der Waals surface area contributed by atoms with E-state index in [0.29, 0.717) is 5.56 Å². The Kier molecular flexibility index (Phi) is 3.40. The first-order valence-corrected chi connectivity index (χ1v) is 6.84. The maximum absolute atomic E-state index is 11.4. The normalized spacial score (nSPS) is 11.3. The van der Waals surface area contributed by atoms with Gasteiger partial charge in [-0.15, -0.1) is 0 Å². The molecule has 0 aliphatic heterocycles. The van der Waals surface area contributed by atoms with E-state index in [1.165, 1.54) is 10.9 Å². The third-order valence-electron chi connectivity index (χ3n) is 3.53. The fourth-order valence-electron chi connectivity index (χ4n) is 2.43. The largest absolute Gasteiger partial charge is 0.350 e. The zero-order valence-electron chi connectivity index (χ0n) is 12.1. The van der Waals surface area contributed by atoms with Crippen LogP contribution in [0.4, 0.5) is 5.69 Å². The average Bonchev–Trinajstić information content (AvgIpc) is 2.82. The van der Waals surface area contributed by atoms with Crippen LogP contribution in [-0.4, -0.2) is 16.6 Å². The molecule has 0 bridgehead atoms. The van der Waals surface area contributed by atoms with E-state index in [9.17, 15) is 4.79 Å². The number of hydrogen-bond donors (Lipinski definition) is 0. The van der Waals surface area contributed by atoms with Crippen molar-refractivity contribution in [3.8, 4) is 0 Å². The predicted molar refractivity (Wildman–Crippen MR) is 86.6 cm³/mol. The van der Waals surface area contributed by atoms with E-state index in [4.69, 9.17) is 0 Å². The van der Waals surface area contributed by atoms with Gasteiger partial charge < -0.3 is 4.57 Å². The molecule has 0 saturated carbocycles. The number of aliphatic imine (C=N–C) groups is 1. The molecular weight excluding hydrogens is 260 g/mol. The van der Waals surface area contributed by atoms with Crippen LogP contribution in [0.25, 0.3) is 10.9 Å². The summed E-state index contributed by atoms with van der Waals surface area (Å²) < 4.78 is 2.09. The maximum atomic E-state index is 11.4. The number of para-hydroxylation sites is 1. The number of aromatic nitrogens is 1. The van der Waals surface area contributed by atoms with Gasteiger partial charge in [0.1, 0.15) is 0 Å². The first-order valence-electron chi connectivity index (χ1n) is 6.84. The lowest BCUT2D eigenvalue weighted by Gasteiger charge is -1.97. The molecule has 0 unspecified atom stereocenters. The molecule has 0 aliphatic rings. The van der Waals surface area contributed by atoms with E-state index in [0.717, 1.165) is 11.3 Å². The van der Waals surface area contributed by atoms with Crippen molar-refractivity contribution in [1.82, 2.24) is 4.57 Å². The monoisotopic (exact) mass is 276 g/mol. The molecule has 1 heterocycles. The van der Waals surface area contributed by atoms with Crippen LogP contribution in [0.3, 0.4) is 0 Å². The van der Waals surface area contributed by atoms with Crippen LogP contribution in [-0.2, 0) is 7.05 Å².